The van der Waals surface area contributed by atoms with E-state index in [1.165, 1.54) is 10.1 Å². The van der Waals surface area contributed by atoms with Gasteiger partial charge in [0.25, 0.3) is 0 Å². The van der Waals surface area contributed by atoms with E-state index in [0.29, 0.717) is 13.2 Å². The third kappa shape index (κ3) is 6.04. The molecule has 6 heteroatoms. The number of unbranched alkanes of at least 4 members (excludes halogenated alkanes) is 1. The first-order chi connectivity index (χ1) is 15.8. The van der Waals surface area contributed by atoms with Crippen LogP contribution in [0, 0.1) is 0 Å². The maximum absolute atomic E-state index is 12.4. The Balaban J connectivity index is 1.23. The molecule has 1 N–H and O–H groups in total. The van der Waals surface area contributed by atoms with Crippen molar-refractivity contribution in [2.75, 3.05) is 6.54 Å². The van der Waals surface area contributed by atoms with Crippen LogP contribution in [0.4, 0.5) is 4.79 Å². The summed E-state index contributed by atoms with van der Waals surface area (Å²) < 4.78 is 7.29. The first kappa shape index (κ1) is 21.3. The van der Waals surface area contributed by atoms with Gasteiger partial charge in [0.1, 0.15) is 18.7 Å². The van der Waals surface area contributed by atoms with Crippen LogP contribution in [0.3, 0.4) is 0 Å². The number of aryl methyl sites for hydroxylation is 1. The van der Waals surface area contributed by atoms with Crippen molar-refractivity contribution in [3.05, 3.63) is 103 Å². The number of rotatable bonds is 9. The molecule has 0 unspecified atom stereocenters. The fourth-order valence-corrected chi connectivity index (χ4v) is 3.34. The molecule has 0 spiro atoms. The molecule has 0 saturated carbocycles. The van der Waals surface area contributed by atoms with Gasteiger partial charge >= 0.3 is 6.03 Å². The van der Waals surface area contributed by atoms with Crippen molar-refractivity contribution in [2.45, 2.75) is 25.9 Å². The van der Waals surface area contributed by atoms with Crippen LogP contribution < -0.4 is 10.1 Å². The fourth-order valence-electron chi connectivity index (χ4n) is 3.34. The smallest absolute Gasteiger partial charge is 0.326 e. The minimum Gasteiger partial charge on any atom is -0.489 e. The average Bonchev–Trinajstić information content (AvgIpc) is 3.35. The van der Waals surface area contributed by atoms with E-state index in [-0.39, 0.29) is 6.03 Å². The van der Waals surface area contributed by atoms with Gasteiger partial charge in [0.05, 0.1) is 5.69 Å². The zero-order valence-corrected chi connectivity index (χ0v) is 17.9. The van der Waals surface area contributed by atoms with E-state index < -0.39 is 0 Å². The molecule has 162 valence electrons. The Hall–Kier alpha value is -3.93. The summed E-state index contributed by atoms with van der Waals surface area (Å²) >= 11 is 0. The molecule has 0 atom stereocenters. The fraction of sp³-hybridized carbons (Fsp3) is 0.192. The SMILES string of the molecule is O=C(NCCCCc1ccccc1)n1cnc(-c2ccc(OCc3ccncc3)cc2)c1. The lowest BCUT2D eigenvalue weighted by molar-refractivity contribution is 0.242. The maximum atomic E-state index is 12.4. The molecule has 0 radical (unpaired) electrons. The first-order valence-electron chi connectivity index (χ1n) is 10.8. The van der Waals surface area contributed by atoms with Crippen LogP contribution in [-0.4, -0.2) is 27.1 Å². The molecule has 0 fully saturated rings. The van der Waals surface area contributed by atoms with Crippen LogP contribution in [0.5, 0.6) is 5.75 Å². The van der Waals surface area contributed by atoms with E-state index in [9.17, 15) is 4.79 Å². The third-order valence-corrected chi connectivity index (χ3v) is 5.13. The van der Waals surface area contributed by atoms with E-state index in [1.54, 1.807) is 24.9 Å². The molecule has 0 saturated heterocycles. The van der Waals surface area contributed by atoms with Crippen molar-refractivity contribution in [1.82, 2.24) is 19.9 Å². The number of hydrogen-bond donors (Lipinski definition) is 1. The number of benzene rings is 2. The van der Waals surface area contributed by atoms with Crippen molar-refractivity contribution in [3.8, 4) is 17.0 Å². The second kappa shape index (κ2) is 10.9. The normalized spacial score (nSPS) is 10.6. The standard InChI is InChI=1S/C26H26N4O2/c31-26(28-15-5-4-8-21-6-2-1-3-7-21)30-18-25(29-20-30)23-9-11-24(12-10-23)32-19-22-13-16-27-17-14-22/h1-3,6-7,9-14,16-18,20H,4-5,8,15,19H2,(H,28,31). The van der Waals surface area contributed by atoms with Crippen LogP contribution in [-0.2, 0) is 13.0 Å². The minimum absolute atomic E-state index is 0.166. The zero-order chi connectivity index (χ0) is 22.0. The van der Waals surface area contributed by atoms with Crippen molar-refractivity contribution in [3.63, 3.8) is 0 Å². The molecule has 0 aliphatic rings. The van der Waals surface area contributed by atoms with E-state index in [2.05, 4.69) is 39.6 Å². The molecular weight excluding hydrogens is 400 g/mol. The Morgan fingerprint density at radius 3 is 2.47 bits per heavy atom. The summed E-state index contributed by atoms with van der Waals surface area (Å²) in [4.78, 5) is 20.8. The van der Waals surface area contributed by atoms with Gasteiger partial charge in [0.15, 0.2) is 0 Å². The summed E-state index contributed by atoms with van der Waals surface area (Å²) in [6.45, 7) is 1.13. The Bertz CT molecular complexity index is 1110. The van der Waals surface area contributed by atoms with Crippen LogP contribution in [0.15, 0.2) is 91.6 Å². The molecule has 2 heterocycles. The maximum Gasteiger partial charge on any atom is 0.326 e. The van der Waals surface area contributed by atoms with Crippen molar-refractivity contribution >= 4 is 6.03 Å². The second-order valence-electron chi connectivity index (χ2n) is 7.51. The highest BCUT2D eigenvalue weighted by Gasteiger charge is 2.08. The zero-order valence-electron chi connectivity index (χ0n) is 17.9. The number of aromatic nitrogens is 3. The molecular formula is C26H26N4O2. The molecule has 1 amide bonds. The Kier molecular flexibility index (Phi) is 7.26. The van der Waals surface area contributed by atoms with Gasteiger partial charge in [0.2, 0.25) is 0 Å². The lowest BCUT2D eigenvalue weighted by Gasteiger charge is -2.07. The topological polar surface area (TPSA) is 69.0 Å². The van der Waals surface area contributed by atoms with Gasteiger partial charge in [-0.25, -0.2) is 9.78 Å². The summed E-state index contributed by atoms with van der Waals surface area (Å²) in [7, 11) is 0. The van der Waals surface area contributed by atoms with Gasteiger partial charge in [-0.2, -0.15) is 0 Å². The van der Waals surface area contributed by atoms with Crippen LogP contribution in [0.25, 0.3) is 11.3 Å². The number of pyridine rings is 1. The van der Waals surface area contributed by atoms with Crippen molar-refractivity contribution in [2.24, 2.45) is 0 Å². The highest BCUT2D eigenvalue weighted by Crippen LogP contribution is 2.21. The molecule has 6 nitrogen and oxygen atoms in total. The Morgan fingerprint density at radius 1 is 0.906 bits per heavy atom. The first-order valence-corrected chi connectivity index (χ1v) is 10.8. The molecule has 4 aromatic rings. The largest absolute Gasteiger partial charge is 0.489 e. The van der Waals surface area contributed by atoms with Gasteiger partial charge in [0, 0.05) is 30.7 Å². The summed E-state index contributed by atoms with van der Waals surface area (Å²) in [5.41, 5.74) is 4.06. The van der Waals surface area contributed by atoms with Crippen LogP contribution in [0.2, 0.25) is 0 Å². The summed E-state index contributed by atoms with van der Waals surface area (Å²) in [5, 5.41) is 2.95. The predicted molar refractivity (Wildman–Crippen MR) is 124 cm³/mol. The van der Waals surface area contributed by atoms with Gasteiger partial charge in [-0.1, -0.05) is 30.3 Å². The summed E-state index contributed by atoms with van der Waals surface area (Å²) in [6.07, 6.45) is 9.78. The summed E-state index contributed by atoms with van der Waals surface area (Å²) in [6, 6.07) is 21.8. The number of nitrogens with one attached hydrogen (secondary N) is 1. The predicted octanol–water partition coefficient (Wildman–Crippen LogP) is 5.10. The number of hydrogen-bond acceptors (Lipinski definition) is 4. The Labute approximate surface area is 187 Å². The molecule has 4 rings (SSSR count). The second-order valence-corrected chi connectivity index (χ2v) is 7.51. The molecule has 0 aliphatic carbocycles. The van der Waals surface area contributed by atoms with E-state index in [1.807, 2.05) is 42.5 Å². The van der Waals surface area contributed by atoms with Crippen molar-refractivity contribution < 1.29 is 9.53 Å². The molecule has 32 heavy (non-hydrogen) atoms. The number of ether oxygens (including phenoxy) is 1. The highest BCUT2D eigenvalue weighted by molar-refractivity contribution is 5.77. The van der Waals surface area contributed by atoms with Gasteiger partial charge < -0.3 is 10.1 Å². The number of nitrogens with zero attached hydrogens (tertiary/aromatic N) is 3. The van der Waals surface area contributed by atoms with Crippen LogP contribution >= 0.6 is 0 Å². The lowest BCUT2D eigenvalue weighted by Crippen LogP contribution is -2.28. The van der Waals surface area contributed by atoms with E-state index in [4.69, 9.17) is 4.74 Å². The van der Waals surface area contributed by atoms with Crippen LogP contribution in [0.1, 0.15) is 24.0 Å². The molecule has 2 aromatic carbocycles. The van der Waals surface area contributed by atoms with E-state index >= 15 is 0 Å². The molecule has 0 aliphatic heterocycles. The number of imidazole rings is 1. The monoisotopic (exact) mass is 426 g/mol. The molecule has 2 aromatic heterocycles. The number of amides is 1. The lowest BCUT2D eigenvalue weighted by atomic mass is 10.1. The average molecular weight is 427 g/mol. The van der Waals surface area contributed by atoms with Gasteiger partial charge in [-0.05, 0) is 66.8 Å². The minimum atomic E-state index is -0.166. The van der Waals surface area contributed by atoms with Crippen molar-refractivity contribution in [1.29, 1.82) is 0 Å². The Morgan fingerprint density at radius 2 is 1.69 bits per heavy atom. The summed E-state index contributed by atoms with van der Waals surface area (Å²) in [5.74, 6) is 0.776. The van der Waals surface area contributed by atoms with E-state index in [0.717, 1.165) is 41.8 Å². The highest BCUT2D eigenvalue weighted by atomic mass is 16.5. The molecule has 0 bridgehead atoms. The number of carbonyl (C=O) groups is 1. The quantitative estimate of drug-likeness (QED) is 0.378. The number of carbonyl (C=O) groups excluding carboxylic acids is 1. The van der Waals surface area contributed by atoms with Gasteiger partial charge in [-0.3, -0.25) is 9.55 Å². The third-order valence-electron chi connectivity index (χ3n) is 5.13. The van der Waals surface area contributed by atoms with Gasteiger partial charge in [-0.15, -0.1) is 0 Å².